The molecule has 1 atom stereocenters. The van der Waals surface area contributed by atoms with Crippen LogP contribution in [0.5, 0.6) is 0 Å². The lowest BCUT2D eigenvalue weighted by Gasteiger charge is -2.25. The highest BCUT2D eigenvalue weighted by Gasteiger charge is 2.10. The molecule has 108 valence electrons. The number of rotatable bonds is 8. The maximum absolute atomic E-state index is 4.77. The Balaban J connectivity index is 2.72. The number of pyridine rings is 1. The van der Waals surface area contributed by atoms with Crippen molar-refractivity contribution in [2.75, 3.05) is 18.0 Å². The van der Waals surface area contributed by atoms with Crippen molar-refractivity contribution in [1.82, 2.24) is 10.3 Å². The van der Waals surface area contributed by atoms with Crippen LogP contribution in [0.15, 0.2) is 18.2 Å². The van der Waals surface area contributed by atoms with Crippen LogP contribution in [0.25, 0.3) is 0 Å². The van der Waals surface area contributed by atoms with Gasteiger partial charge >= 0.3 is 0 Å². The van der Waals surface area contributed by atoms with Crippen LogP contribution in [0.2, 0.25) is 0 Å². The zero-order chi connectivity index (χ0) is 14.3. The van der Waals surface area contributed by atoms with Crippen molar-refractivity contribution in [1.29, 1.82) is 0 Å². The smallest absolute Gasteiger partial charge is 0.128 e. The van der Waals surface area contributed by atoms with Gasteiger partial charge in [-0.1, -0.05) is 40.2 Å². The molecule has 1 rings (SSSR count). The van der Waals surface area contributed by atoms with Crippen LogP contribution in [-0.4, -0.2) is 24.1 Å². The van der Waals surface area contributed by atoms with Gasteiger partial charge in [-0.2, -0.15) is 0 Å². The summed E-state index contributed by atoms with van der Waals surface area (Å²) in [6.45, 7) is 14.0. The number of hydrogen-bond donors (Lipinski definition) is 1. The lowest BCUT2D eigenvalue weighted by atomic mass is 10.1. The van der Waals surface area contributed by atoms with Gasteiger partial charge in [0, 0.05) is 25.7 Å². The first-order valence-electron chi connectivity index (χ1n) is 7.51. The van der Waals surface area contributed by atoms with Gasteiger partial charge in [0.1, 0.15) is 5.82 Å². The molecule has 1 N–H and O–H groups in total. The number of nitrogens with zero attached hydrogens (tertiary/aromatic N) is 2. The lowest BCUT2D eigenvalue weighted by molar-refractivity contribution is 0.543. The van der Waals surface area contributed by atoms with Crippen molar-refractivity contribution in [3.63, 3.8) is 0 Å². The fraction of sp³-hybridized carbons (Fsp3) is 0.688. The van der Waals surface area contributed by atoms with E-state index in [2.05, 4.69) is 63.0 Å². The molecular weight excluding hydrogens is 234 g/mol. The average molecular weight is 263 g/mol. The fourth-order valence-corrected chi connectivity index (χ4v) is 1.94. The van der Waals surface area contributed by atoms with E-state index >= 15 is 0 Å². The second-order valence-electron chi connectivity index (χ2n) is 5.57. The largest absolute Gasteiger partial charge is 0.357 e. The van der Waals surface area contributed by atoms with E-state index in [0.717, 1.165) is 31.1 Å². The van der Waals surface area contributed by atoms with Gasteiger partial charge in [-0.3, -0.25) is 0 Å². The molecule has 0 aliphatic heterocycles. The highest BCUT2D eigenvalue weighted by molar-refractivity contribution is 5.39. The van der Waals surface area contributed by atoms with Gasteiger partial charge in [-0.25, -0.2) is 4.98 Å². The van der Waals surface area contributed by atoms with E-state index < -0.39 is 0 Å². The Hall–Kier alpha value is -1.09. The first-order chi connectivity index (χ1) is 9.06. The van der Waals surface area contributed by atoms with Crippen molar-refractivity contribution in [3.8, 4) is 0 Å². The monoisotopic (exact) mass is 263 g/mol. The molecule has 3 nitrogen and oxygen atoms in total. The average Bonchev–Trinajstić information content (AvgIpc) is 2.42. The Morgan fingerprint density at radius 2 is 1.95 bits per heavy atom. The van der Waals surface area contributed by atoms with Crippen LogP contribution in [0.1, 0.15) is 46.7 Å². The molecule has 1 aromatic rings. The summed E-state index contributed by atoms with van der Waals surface area (Å²) < 4.78 is 0. The van der Waals surface area contributed by atoms with Crippen molar-refractivity contribution in [2.24, 2.45) is 5.92 Å². The van der Waals surface area contributed by atoms with E-state index in [0.29, 0.717) is 12.0 Å². The molecular formula is C16H29N3. The number of aromatic nitrogens is 1. The Bertz CT molecular complexity index is 363. The van der Waals surface area contributed by atoms with Crippen molar-refractivity contribution >= 4 is 5.82 Å². The molecule has 0 fully saturated rings. The maximum Gasteiger partial charge on any atom is 0.128 e. The van der Waals surface area contributed by atoms with E-state index in [4.69, 9.17) is 4.98 Å². The van der Waals surface area contributed by atoms with Gasteiger partial charge in [0.05, 0.1) is 5.69 Å². The van der Waals surface area contributed by atoms with E-state index in [9.17, 15) is 0 Å². The molecule has 0 saturated carbocycles. The Morgan fingerprint density at radius 1 is 1.21 bits per heavy atom. The SMILES string of the molecule is CCC(C)CN(CC)c1cccc(CNC(C)C)n1. The van der Waals surface area contributed by atoms with Crippen molar-refractivity contribution in [3.05, 3.63) is 23.9 Å². The van der Waals surface area contributed by atoms with Crippen LogP contribution in [0.3, 0.4) is 0 Å². The van der Waals surface area contributed by atoms with Gasteiger partial charge in [-0.05, 0) is 25.0 Å². The van der Waals surface area contributed by atoms with Crippen molar-refractivity contribution in [2.45, 2.75) is 53.6 Å². The third kappa shape index (κ3) is 5.60. The van der Waals surface area contributed by atoms with Gasteiger partial charge in [-0.15, -0.1) is 0 Å². The summed E-state index contributed by atoms with van der Waals surface area (Å²) in [6.07, 6.45) is 1.21. The van der Waals surface area contributed by atoms with Crippen LogP contribution in [-0.2, 0) is 6.54 Å². The first-order valence-corrected chi connectivity index (χ1v) is 7.51. The summed E-state index contributed by atoms with van der Waals surface area (Å²) in [5.74, 6) is 1.81. The zero-order valence-corrected chi connectivity index (χ0v) is 13.1. The predicted octanol–water partition coefficient (Wildman–Crippen LogP) is 3.45. The second kappa shape index (κ2) is 8.16. The minimum atomic E-state index is 0.493. The van der Waals surface area contributed by atoms with Gasteiger partial charge in [0.25, 0.3) is 0 Å². The molecule has 0 aliphatic rings. The van der Waals surface area contributed by atoms with Crippen LogP contribution in [0.4, 0.5) is 5.82 Å². The summed E-state index contributed by atoms with van der Waals surface area (Å²) in [6, 6.07) is 6.81. The summed E-state index contributed by atoms with van der Waals surface area (Å²) in [5.41, 5.74) is 1.12. The molecule has 0 amide bonds. The first kappa shape index (κ1) is 16.0. The second-order valence-corrected chi connectivity index (χ2v) is 5.57. The number of anilines is 1. The number of hydrogen-bond acceptors (Lipinski definition) is 3. The highest BCUT2D eigenvalue weighted by atomic mass is 15.2. The van der Waals surface area contributed by atoms with Crippen LogP contribution in [0, 0.1) is 5.92 Å². The van der Waals surface area contributed by atoms with E-state index in [1.807, 2.05) is 0 Å². The lowest BCUT2D eigenvalue weighted by Crippen LogP contribution is -2.29. The quantitative estimate of drug-likeness (QED) is 0.778. The van der Waals surface area contributed by atoms with Gasteiger partial charge < -0.3 is 10.2 Å². The molecule has 1 unspecified atom stereocenters. The zero-order valence-electron chi connectivity index (χ0n) is 13.1. The highest BCUT2D eigenvalue weighted by Crippen LogP contribution is 2.14. The van der Waals surface area contributed by atoms with Crippen LogP contribution >= 0.6 is 0 Å². The van der Waals surface area contributed by atoms with E-state index in [1.54, 1.807) is 0 Å². The Morgan fingerprint density at radius 3 is 2.53 bits per heavy atom. The molecule has 19 heavy (non-hydrogen) atoms. The normalized spacial score (nSPS) is 12.7. The molecule has 0 bridgehead atoms. The maximum atomic E-state index is 4.77. The third-order valence-electron chi connectivity index (χ3n) is 3.42. The molecule has 0 saturated heterocycles. The minimum absolute atomic E-state index is 0.493. The Labute approximate surface area is 118 Å². The third-order valence-corrected chi connectivity index (χ3v) is 3.42. The van der Waals surface area contributed by atoms with Crippen molar-refractivity contribution < 1.29 is 0 Å². The van der Waals surface area contributed by atoms with Gasteiger partial charge in [0.2, 0.25) is 0 Å². The van der Waals surface area contributed by atoms with E-state index in [1.165, 1.54) is 6.42 Å². The molecule has 0 radical (unpaired) electrons. The van der Waals surface area contributed by atoms with Crippen LogP contribution < -0.4 is 10.2 Å². The minimum Gasteiger partial charge on any atom is -0.357 e. The standard InChI is InChI=1S/C16H29N3/c1-6-14(5)12-19(7-2)16-10-8-9-15(18-16)11-17-13(3)4/h8-10,13-14,17H,6-7,11-12H2,1-5H3. The topological polar surface area (TPSA) is 28.2 Å². The van der Waals surface area contributed by atoms with E-state index in [-0.39, 0.29) is 0 Å². The number of nitrogens with one attached hydrogen (secondary N) is 1. The summed E-state index contributed by atoms with van der Waals surface area (Å²) in [4.78, 5) is 7.13. The predicted molar refractivity (Wildman–Crippen MR) is 83.6 cm³/mol. The summed E-state index contributed by atoms with van der Waals surface area (Å²) in [5, 5.41) is 3.42. The van der Waals surface area contributed by atoms with Gasteiger partial charge in [0.15, 0.2) is 0 Å². The molecule has 1 aromatic heterocycles. The summed E-state index contributed by atoms with van der Waals surface area (Å²) in [7, 11) is 0. The molecule has 0 spiro atoms. The molecule has 0 aliphatic carbocycles. The fourth-order valence-electron chi connectivity index (χ4n) is 1.94. The molecule has 1 heterocycles. The molecule has 0 aromatic carbocycles. The summed E-state index contributed by atoms with van der Waals surface area (Å²) >= 11 is 0. The molecule has 3 heteroatoms. The Kier molecular flexibility index (Phi) is 6.85.